The van der Waals surface area contributed by atoms with Crippen LogP contribution in [0, 0.1) is 5.92 Å². The molecule has 0 aromatic heterocycles. The van der Waals surface area contributed by atoms with Gasteiger partial charge in [0.25, 0.3) is 0 Å². The highest BCUT2D eigenvalue weighted by Gasteiger charge is 2.17. The summed E-state index contributed by atoms with van der Waals surface area (Å²) in [6.07, 6.45) is 0. The highest BCUT2D eigenvalue weighted by molar-refractivity contribution is 6.44. The highest BCUT2D eigenvalue weighted by Crippen LogP contribution is 2.35. The highest BCUT2D eigenvalue weighted by atomic mass is 35.5. The Bertz CT molecular complexity index is 582. The maximum atomic E-state index is 6.23. The van der Waals surface area contributed by atoms with Crippen LogP contribution in [-0.4, -0.2) is 0 Å². The second-order valence-electron chi connectivity index (χ2n) is 5.02. The number of nitrogens with one attached hydrogen (secondary N) is 1. The summed E-state index contributed by atoms with van der Waals surface area (Å²) in [5, 5.41) is 4.98. The Kier molecular flexibility index (Phi) is 5.20. The predicted octanol–water partition coefficient (Wildman–Crippen LogP) is 6.46. The molecule has 1 N–H and O–H groups in total. The Labute approximate surface area is 134 Å². The van der Waals surface area contributed by atoms with Crippen molar-refractivity contribution in [3.05, 3.63) is 63.1 Å². The number of hydrogen-bond acceptors (Lipinski definition) is 1. The molecule has 4 heteroatoms. The van der Waals surface area contributed by atoms with Crippen molar-refractivity contribution in [2.24, 2.45) is 5.92 Å². The van der Waals surface area contributed by atoms with Gasteiger partial charge in [-0.3, -0.25) is 0 Å². The fourth-order valence-electron chi connectivity index (χ4n) is 2.10. The van der Waals surface area contributed by atoms with E-state index in [1.54, 1.807) is 12.1 Å². The summed E-state index contributed by atoms with van der Waals surface area (Å²) in [6, 6.07) is 13.9. The monoisotopic (exact) mass is 327 g/mol. The molecule has 2 aromatic rings. The largest absolute Gasteiger partial charge is 0.377 e. The van der Waals surface area contributed by atoms with Crippen molar-refractivity contribution in [3.8, 4) is 0 Å². The molecule has 0 bridgehead atoms. The molecular formula is C16H16Cl3N. The van der Waals surface area contributed by atoms with Crippen molar-refractivity contribution < 1.29 is 0 Å². The Hall–Kier alpha value is -0.890. The van der Waals surface area contributed by atoms with E-state index in [1.165, 1.54) is 5.56 Å². The van der Waals surface area contributed by atoms with Crippen LogP contribution in [0.1, 0.15) is 25.5 Å². The van der Waals surface area contributed by atoms with Crippen molar-refractivity contribution in [1.29, 1.82) is 0 Å². The molecule has 0 fully saturated rings. The quantitative estimate of drug-likeness (QED) is 0.635. The molecule has 20 heavy (non-hydrogen) atoms. The van der Waals surface area contributed by atoms with Gasteiger partial charge in [-0.05, 0) is 23.6 Å². The lowest BCUT2D eigenvalue weighted by Crippen LogP contribution is -2.17. The van der Waals surface area contributed by atoms with Gasteiger partial charge in [-0.1, -0.05) is 79.0 Å². The van der Waals surface area contributed by atoms with E-state index >= 15 is 0 Å². The van der Waals surface area contributed by atoms with E-state index in [1.807, 2.05) is 18.2 Å². The van der Waals surface area contributed by atoms with E-state index in [0.29, 0.717) is 21.0 Å². The van der Waals surface area contributed by atoms with Crippen LogP contribution in [0.2, 0.25) is 15.1 Å². The predicted molar refractivity (Wildman–Crippen MR) is 89.1 cm³/mol. The minimum absolute atomic E-state index is 0.158. The normalized spacial score (nSPS) is 12.5. The van der Waals surface area contributed by atoms with Crippen molar-refractivity contribution in [2.75, 3.05) is 5.32 Å². The Morgan fingerprint density at radius 1 is 0.850 bits per heavy atom. The van der Waals surface area contributed by atoms with E-state index in [4.69, 9.17) is 34.8 Å². The van der Waals surface area contributed by atoms with Gasteiger partial charge in [-0.15, -0.1) is 0 Å². The summed E-state index contributed by atoms with van der Waals surface area (Å²) in [4.78, 5) is 0. The van der Waals surface area contributed by atoms with Crippen molar-refractivity contribution in [2.45, 2.75) is 19.9 Å². The lowest BCUT2D eigenvalue weighted by atomic mass is 9.96. The van der Waals surface area contributed by atoms with E-state index in [-0.39, 0.29) is 6.04 Å². The molecule has 1 nitrogen and oxygen atoms in total. The molecule has 106 valence electrons. The van der Waals surface area contributed by atoms with Crippen LogP contribution in [-0.2, 0) is 0 Å². The molecule has 0 aliphatic rings. The summed E-state index contributed by atoms with van der Waals surface area (Å²) in [7, 11) is 0. The number of hydrogen-bond donors (Lipinski definition) is 1. The van der Waals surface area contributed by atoms with Crippen LogP contribution >= 0.6 is 34.8 Å². The summed E-state index contributed by atoms with van der Waals surface area (Å²) in [5.74, 6) is 0.405. The van der Waals surface area contributed by atoms with Crippen LogP contribution in [0.5, 0.6) is 0 Å². The molecule has 2 aromatic carbocycles. The van der Waals surface area contributed by atoms with Crippen LogP contribution < -0.4 is 5.32 Å². The number of rotatable bonds is 4. The Balaban J connectivity index is 2.32. The van der Waals surface area contributed by atoms with Gasteiger partial charge in [-0.2, -0.15) is 0 Å². The molecule has 0 spiro atoms. The molecule has 0 aliphatic heterocycles. The smallest absolute Gasteiger partial charge is 0.0653 e. The number of halogens is 3. The first-order chi connectivity index (χ1) is 9.49. The minimum Gasteiger partial charge on any atom is -0.377 e. The van der Waals surface area contributed by atoms with Gasteiger partial charge in [0.05, 0.1) is 26.8 Å². The molecule has 0 saturated carbocycles. The zero-order valence-corrected chi connectivity index (χ0v) is 13.6. The Morgan fingerprint density at radius 2 is 1.45 bits per heavy atom. The van der Waals surface area contributed by atoms with Gasteiger partial charge in [0.1, 0.15) is 0 Å². The zero-order chi connectivity index (χ0) is 14.7. The van der Waals surface area contributed by atoms with Crippen molar-refractivity contribution >= 4 is 40.5 Å². The van der Waals surface area contributed by atoms with Crippen molar-refractivity contribution in [3.63, 3.8) is 0 Å². The minimum atomic E-state index is 0.158. The first kappa shape index (κ1) is 15.5. The summed E-state index contributed by atoms with van der Waals surface area (Å²) >= 11 is 18.3. The van der Waals surface area contributed by atoms with Crippen LogP contribution in [0.4, 0.5) is 5.69 Å². The van der Waals surface area contributed by atoms with Gasteiger partial charge in [0.2, 0.25) is 0 Å². The van der Waals surface area contributed by atoms with E-state index < -0.39 is 0 Å². The van der Waals surface area contributed by atoms with E-state index in [2.05, 4.69) is 31.3 Å². The molecule has 1 atom stereocenters. The third-order valence-corrected chi connectivity index (χ3v) is 4.18. The molecule has 1 unspecified atom stereocenters. The molecular weight excluding hydrogens is 313 g/mol. The lowest BCUT2D eigenvalue weighted by molar-refractivity contribution is 0.546. The van der Waals surface area contributed by atoms with Gasteiger partial charge in [-0.25, -0.2) is 0 Å². The molecule has 2 rings (SSSR count). The van der Waals surface area contributed by atoms with Crippen molar-refractivity contribution in [1.82, 2.24) is 0 Å². The third-order valence-electron chi connectivity index (χ3n) is 3.15. The fourth-order valence-corrected chi connectivity index (χ4v) is 2.70. The zero-order valence-electron chi connectivity index (χ0n) is 11.3. The molecule has 0 radical (unpaired) electrons. The maximum absolute atomic E-state index is 6.23. The second-order valence-corrected chi connectivity index (χ2v) is 6.24. The lowest BCUT2D eigenvalue weighted by Gasteiger charge is -2.25. The van der Waals surface area contributed by atoms with Gasteiger partial charge in [0.15, 0.2) is 0 Å². The van der Waals surface area contributed by atoms with Crippen LogP contribution in [0.3, 0.4) is 0 Å². The van der Waals surface area contributed by atoms with E-state index in [9.17, 15) is 0 Å². The first-order valence-corrected chi connectivity index (χ1v) is 7.58. The topological polar surface area (TPSA) is 12.0 Å². The summed E-state index contributed by atoms with van der Waals surface area (Å²) < 4.78 is 0. The van der Waals surface area contributed by atoms with Gasteiger partial charge in [0, 0.05) is 0 Å². The molecule has 0 aliphatic carbocycles. The van der Waals surface area contributed by atoms with E-state index in [0.717, 1.165) is 5.69 Å². The standard InChI is InChI=1S/C16H16Cl3N/c1-10(2)16(11-6-4-3-5-7-11)20-15-9-13(18)12(17)8-14(15)19/h3-10,16,20H,1-2H3. The number of benzene rings is 2. The number of anilines is 1. The maximum Gasteiger partial charge on any atom is 0.0653 e. The third kappa shape index (κ3) is 3.60. The van der Waals surface area contributed by atoms with Crippen LogP contribution in [0.15, 0.2) is 42.5 Å². The van der Waals surface area contributed by atoms with Crippen LogP contribution in [0.25, 0.3) is 0 Å². The Morgan fingerprint density at radius 3 is 2.05 bits per heavy atom. The molecule has 0 amide bonds. The fraction of sp³-hybridized carbons (Fsp3) is 0.250. The van der Waals surface area contributed by atoms with Gasteiger partial charge < -0.3 is 5.32 Å². The average molecular weight is 329 g/mol. The SMILES string of the molecule is CC(C)C(Nc1cc(Cl)c(Cl)cc1Cl)c1ccccc1. The summed E-state index contributed by atoms with van der Waals surface area (Å²) in [5.41, 5.74) is 2.01. The second kappa shape index (κ2) is 6.71. The molecule has 0 saturated heterocycles. The first-order valence-electron chi connectivity index (χ1n) is 6.45. The average Bonchev–Trinajstić information content (AvgIpc) is 2.42. The summed E-state index contributed by atoms with van der Waals surface area (Å²) in [6.45, 7) is 4.33. The molecule has 0 heterocycles. The van der Waals surface area contributed by atoms with Gasteiger partial charge >= 0.3 is 0 Å².